The third-order valence-electron chi connectivity index (χ3n) is 16.0. The molecule has 0 radical (unpaired) electrons. The Labute approximate surface area is 564 Å². The monoisotopic (exact) mass is 1280 g/mol. The van der Waals surface area contributed by atoms with Gasteiger partial charge in [-0.3, -0.25) is 0 Å². The molecule has 460 valence electrons. The third-order valence-corrected chi connectivity index (χ3v) is 20.9. The van der Waals surface area contributed by atoms with Gasteiger partial charge < -0.3 is 25.3 Å². The van der Waals surface area contributed by atoms with Crippen LogP contribution < -0.4 is 25.3 Å². The minimum Gasteiger partial charge on any atom is -0.388 e. The highest BCUT2D eigenvalue weighted by Gasteiger charge is 2.16. The van der Waals surface area contributed by atoms with Gasteiger partial charge in [0.2, 0.25) is 0 Å². The van der Waals surface area contributed by atoms with Gasteiger partial charge in [0, 0.05) is 104 Å². The van der Waals surface area contributed by atoms with Crippen molar-refractivity contribution in [3.63, 3.8) is 0 Å². The molecule has 0 aliphatic rings. The van der Waals surface area contributed by atoms with Crippen molar-refractivity contribution in [2.75, 3.05) is 60.6 Å². The van der Waals surface area contributed by atoms with Crippen LogP contribution in [0, 0.1) is 6.92 Å². The maximum Gasteiger partial charge on any atom is 0.0957 e. The zero-order chi connectivity index (χ0) is 64.3. The lowest BCUT2D eigenvalue weighted by atomic mass is 10.0. The fraction of sp³-hybridized carbons (Fsp3) is 0.0714. The average molecular weight is 1280 g/mol. The number of nitrogens with one attached hydrogen (secondary N) is 2. The van der Waals surface area contributed by atoms with E-state index in [-0.39, 0.29) is 0 Å². The van der Waals surface area contributed by atoms with Crippen molar-refractivity contribution in [3.8, 4) is 40.4 Å². The van der Waals surface area contributed by atoms with Gasteiger partial charge in [-0.1, -0.05) is 218 Å². The highest BCUT2D eigenvalue weighted by Crippen LogP contribution is 2.45. The number of thiophene rings is 4. The van der Waals surface area contributed by atoms with Crippen molar-refractivity contribution >= 4 is 128 Å². The lowest BCUT2D eigenvalue weighted by Crippen LogP contribution is -2.08. The van der Waals surface area contributed by atoms with E-state index >= 15 is 0 Å². The molecule has 4 heterocycles. The van der Waals surface area contributed by atoms with Gasteiger partial charge in [0.25, 0.3) is 0 Å². The SMILES string of the molecule is C=Cc1ccc(N(C)c2ccccc2)cc1.CN(c1ccc(-c2ccc(-c3cccc4ccccc34)s2)s1)c1cccc2ccccc12.CN(c1ccccc1)c1ccc(-c2ccc(-c3cccc4ccccc34)s2)s1.CNc1ccc(C)cc1.CNc1ccccc1. The van der Waals surface area contributed by atoms with Gasteiger partial charge in [-0.2, -0.15) is 0 Å². The summed E-state index contributed by atoms with van der Waals surface area (Å²) in [5.74, 6) is 0. The van der Waals surface area contributed by atoms with Crippen LogP contribution >= 0.6 is 45.3 Å². The molecule has 4 aromatic heterocycles. The number of benzene rings is 11. The highest BCUT2D eigenvalue weighted by atomic mass is 32.1. The van der Waals surface area contributed by atoms with Crippen LogP contribution in [0.5, 0.6) is 0 Å². The van der Waals surface area contributed by atoms with E-state index in [1.54, 1.807) is 0 Å². The number of hydrogen-bond donors (Lipinski definition) is 2. The predicted molar refractivity (Wildman–Crippen MR) is 415 cm³/mol. The first-order valence-electron chi connectivity index (χ1n) is 31.0. The summed E-state index contributed by atoms with van der Waals surface area (Å²) in [5.41, 5.74) is 12.2. The van der Waals surface area contributed by atoms with Crippen molar-refractivity contribution in [2.24, 2.45) is 0 Å². The molecule has 0 bridgehead atoms. The summed E-state index contributed by atoms with van der Waals surface area (Å²) in [7, 11) is 10.2. The molecule has 11 aromatic carbocycles. The summed E-state index contributed by atoms with van der Waals surface area (Å²) >= 11 is 7.42. The van der Waals surface area contributed by atoms with E-state index in [0.717, 1.165) is 11.3 Å². The van der Waals surface area contributed by atoms with E-state index in [9.17, 15) is 0 Å². The van der Waals surface area contributed by atoms with Crippen molar-refractivity contribution in [1.82, 2.24) is 0 Å². The normalized spacial score (nSPS) is 10.5. The molecule has 0 aliphatic heterocycles. The van der Waals surface area contributed by atoms with Gasteiger partial charge in [-0.05, 0) is 166 Å². The van der Waals surface area contributed by atoms with Crippen LogP contribution in [0.2, 0.25) is 0 Å². The number of para-hydroxylation sites is 3. The van der Waals surface area contributed by atoms with Crippen LogP contribution in [0.4, 0.5) is 44.1 Å². The molecule has 0 saturated heterocycles. The largest absolute Gasteiger partial charge is 0.388 e. The van der Waals surface area contributed by atoms with E-state index in [1.807, 2.05) is 114 Å². The maximum atomic E-state index is 3.75. The number of aryl methyl sites for hydroxylation is 1. The van der Waals surface area contributed by atoms with E-state index in [1.165, 1.54) is 117 Å². The molecular formula is C84H75N5S4. The minimum atomic E-state index is 1.14. The van der Waals surface area contributed by atoms with Gasteiger partial charge in [-0.15, -0.1) is 45.3 Å². The second-order valence-electron chi connectivity index (χ2n) is 22.0. The number of rotatable bonds is 13. The summed E-state index contributed by atoms with van der Waals surface area (Å²) in [6, 6.07) is 111. The zero-order valence-electron chi connectivity index (χ0n) is 53.3. The minimum absolute atomic E-state index is 1.14. The second kappa shape index (κ2) is 31.7. The molecule has 0 aliphatic carbocycles. The Morgan fingerprint density at radius 2 is 0.667 bits per heavy atom. The van der Waals surface area contributed by atoms with Crippen LogP contribution in [-0.2, 0) is 0 Å². The Morgan fingerprint density at radius 3 is 1.15 bits per heavy atom. The number of anilines is 8. The number of nitrogens with zero attached hydrogens (tertiary/aromatic N) is 3. The van der Waals surface area contributed by atoms with Crippen LogP contribution in [0.25, 0.3) is 78.8 Å². The first kappa shape index (κ1) is 64.3. The lowest BCUT2D eigenvalue weighted by Gasteiger charge is -2.19. The van der Waals surface area contributed by atoms with Crippen molar-refractivity contribution in [1.29, 1.82) is 0 Å². The van der Waals surface area contributed by atoms with Crippen LogP contribution in [0.3, 0.4) is 0 Å². The van der Waals surface area contributed by atoms with Crippen molar-refractivity contribution in [2.45, 2.75) is 6.92 Å². The standard InChI is InChI=1S/C29H21NS2.C25H19NS2.C15H15N.C8H11N.C7H9N/c1-30(25-15-7-11-21-9-3-5-13-23(21)25)29-19-18-28(32-29)27-17-16-26(31-27)24-14-6-10-20-8-2-4-12-22(20)24;1-26(19-10-3-2-4-11-19)25-17-16-24(28-25)23-15-14-22(27-23)21-13-7-9-18-8-5-6-12-20(18)21;1-3-13-9-11-15(12-10-13)16(2)14-7-5-4-6-8-14;1-7-3-5-8(9-2)6-4-7;1-8-7-5-3-2-4-6-7/h2-19H,1H3;2-17H,1H3;3-12H,1H2,2H3;3-6,9H,1-2H3;2-6,8H,1H3. The topological polar surface area (TPSA) is 33.8 Å². The summed E-state index contributed by atoms with van der Waals surface area (Å²) < 4.78 is 0. The Bertz CT molecular complexity index is 4780. The molecule has 5 nitrogen and oxygen atoms in total. The molecule has 15 aromatic rings. The van der Waals surface area contributed by atoms with E-state index < -0.39 is 0 Å². The highest BCUT2D eigenvalue weighted by molar-refractivity contribution is 7.26. The van der Waals surface area contributed by atoms with E-state index in [0.29, 0.717) is 0 Å². The fourth-order valence-corrected chi connectivity index (χ4v) is 15.0. The molecule has 0 saturated carbocycles. The van der Waals surface area contributed by atoms with E-state index in [2.05, 4.69) is 327 Å². The average Bonchev–Trinajstić information content (AvgIpc) is 2.07. The molecule has 0 unspecified atom stereocenters. The third kappa shape index (κ3) is 16.3. The van der Waals surface area contributed by atoms with Gasteiger partial charge in [-0.25, -0.2) is 0 Å². The fourth-order valence-electron chi connectivity index (χ4n) is 10.7. The van der Waals surface area contributed by atoms with Crippen LogP contribution in [0.15, 0.2) is 322 Å². The zero-order valence-corrected chi connectivity index (χ0v) is 56.5. The summed E-state index contributed by atoms with van der Waals surface area (Å²) in [5, 5.41) is 16.3. The van der Waals surface area contributed by atoms with Crippen molar-refractivity contribution in [3.05, 3.63) is 333 Å². The summed E-state index contributed by atoms with van der Waals surface area (Å²) in [6.07, 6.45) is 1.85. The number of fused-ring (bicyclic) bond motifs is 3. The molecule has 0 spiro atoms. The Kier molecular flexibility index (Phi) is 21.9. The summed E-state index contributed by atoms with van der Waals surface area (Å²) in [6.45, 7) is 5.83. The Balaban J connectivity index is 0.000000131. The summed E-state index contributed by atoms with van der Waals surface area (Å²) in [4.78, 5) is 14.6. The number of hydrogen-bond acceptors (Lipinski definition) is 9. The van der Waals surface area contributed by atoms with Crippen molar-refractivity contribution < 1.29 is 0 Å². The Morgan fingerprint density at radius 1 is 0.301 bits per heavy atom. The molecule has 0 amide bonds. The molecule has 9 heteroatoms. The van der Waals surface area contributed by atoms with Crippen LogP contribution in [-0.4, -0.2) is 35.2 Å². The van der Waals surface area contributed by atoms with Crippen LogP contribution in [0.1, 0.15) is 11.1 Å². The first-order valence-corrected chi connectivity index (χ1v) is 34.3. The first-order chi connectivity index (χ1) is 45.6. The molecule has 15 rings (SSSR count). The molecular weight excluding hydrogens is 1210 g/mol. The molecule has 0 atom stereocenters. The van der Waals surface area contributed by atoms with Gasteiger partial charge in [0.15, 0.2) is 0 Å². The quantitative estimate of drug-likeness (QED) is 0.120. The van der Waals surface area contributed by atoms with Gasteiger partial charge in [0.1, 0.15) is 0 Å². The molecule has 0 fully saturated rings. The van der Waals surface area contributed by atoms with Gasteiger partial charge >= 0.3 is 0 Å². The van der Waals surface area contributed by atoms with Gasteiger partial charge in [0.05, 0.1) is 10.0 Å². The smallest absolute Gasteiger partial charge is 0.0957 e. The Hall–Kier alpha value is -10.3. The second-order valence-corrected chi connectivity index (χ2v) is 26.3. The molecule has 2 N–H and O–H groups in total. The predicted octanol–water partition coefficient (Wildman–Crippen LogP) is 25.1. The maximum absolute atomic E-state index is 3.75. The lowest BCUT2D eigenvalue weighted by molar-refractivity contribution is 1.21. The van der Waals surface area contributed by atoms with E-state index in [4.69, 9.17) is 0 Å². The molecule has 93 heavy (non-hydrogen) atoms.